The van der Waals surface area contributed by atoms with Gasteiger partial charge in [0.15, 0.2) is 5.78 Å². The molecule has 0 spiro atoms. The lowest BCUT2D eigenvalue weighted by Gasteiger charge is -2.22. The van der Waals surface area contributed by atoms with E-state index in [0.29, 0.717) is 5.56 Å². The van der Waals surface area contributed by atoms with Gasteiger partial charge in [0.1, 0.15) is 0 Å². The molecule has 5 nitrogen and oxygen atoms in total. The largest absolute Gasteiger partial charge is 0.360 e. The van der Waals surface area contributed by atoms with E-state index >= 15 is 0 Å². The van der Waals surface area contributed by atoms with Gasteiger partial charge >= 0.3 is 0 Å². The third kappa shape index (κ3) is 3.26. The van der Waals surface area contributed by atoms with E-state index in [9.17, 15) is 9.59 Å². The molecule has 1 aliphatic heterocycles. The van der Waals surface area contributed by atoms with Gasteiger partial charge in [0, 0.05) is 28.4 Å². The molecule has 5 heteroatoms. The number of hydrogen-bond donors (Lipinski definition) is 2. The fraction of sp³-hybridized carbons (Fsp3) is 0.238. The van der Waals surface area contributed by atoms with E-state index in [1.54, 1.807) is 6.20 Å². The number of Topliss-reactive ketones (excluding diaryl/α,β-unsaturated/α-hetero) is 1. The standard InChI is InChI=1S/C21H21N3O2/c25-20(17-13-22-18-10-5-4-9-16(17)18)14-24-12-6-11-19(24)21(26)23-15-7-2-1-3-8-15/h1-5,7-10,13,19,22H,6,11-12,14H2,(H,23,26)/t19-/m1/s1. The first-order chi connectivity index (χ1) is 12.7. The Bertz CT molecular complexity index is 933. The van der Waals surface area contributed by atoms with Crippen molar-refractivity contribution >= 4 is 28.3 Å². The number of nitrogens with one attached hydrogen (secondary N) is 2. The molecule has 1 fully saturated rings. The Balaban J connectivity index is 1.46. The second-order valence-corrected chi connectivity index (χ2v) is 6.65. The van der Waals surface area contributed by atoms with Gasteiger partial charge in [-0.25, -0.2) is 0 Å². The fourth-order valence-corrected chi connectivity index (χ4v) is 3.63. The van der Waals surface area contributed by atoms with E-state index < -0.39 is 0 Å². The Morgan fingerprint density at radius 3 is 2.69 bits per heavy atom. The molecule has 26 heavy (non-hydrogen) atoms. The highest BCUT2D eigenvalue weighted by Crippen LogP contribution is 2.22. The van der Waals surface area contributed by atoms with Crippen LogP contribution in [-0.2, 0) is 4.79 Å². The van der Waals surface area contributed by atoms with Gasteiger partial charge in [0.05, 0.1) is 12.6 Å². The number of aromatic amines is 1. The third-order valence-electron chi connectivity index (χ3n) is 4.94. The number of carbonyl (C=O) groups is 2. The summed E-state index contributed by atoms with van der Waals surface area (Å²) in [5.74, 6) is 0.00212. The van der Waals surface area contributed by atoms with E-state index in [2.05, 4.69) is 10.3 Å². The monoisotopic (exact) mass is 347 g/mol. The van der Waals surface area contributed by atoms with E-state index in [-0.39, 0.29) is 24.3 Å². The van der Waals surface area contributed by atoms with Crippen LogP contribution in [0.1, 0.15) is 23.2 Å². The Morgan fingerprint density at radius 1 is 1.08 bits per heavy atom. The first-order valence-electron chi connectivity index (χ1n) is 8.91. The molecule has 3 aromatic rings. The van der Waals surface area contributed by atoms with Crippen molar-refractivity contribution in [2.45, 2.75) is 18.9 Å². The number of benzene rings is 2. The molecular formula is C21H21N3O2. The molecule has 0 radical (unpaired) electrons. The number of aromatic nitrogens is 1. The van der Waals surface area contributed by atoms with Gasteiger partial charge in [0.2, 0.25) is 5.91 Å². The maximum absolute atomic E-state index is 12.8. The van der Waals surface area contributed by atoms with E-state index in [1.807, 2.05) is 59.5 Å². The van der Waals surface area contributed by atoms with E-state index in [1.165, 1.54) is 0 Å². The van der Waals surface area contributed by atoms with Crippen LogP contribution in [0.25, 0.3) is 10.9 Å². The van der Waals surface area contributed by atoms with Crippen LogP contribution in [0, 0.1) is 0 Å². The second kappa shape index (κ2) is 7.14. The van der Waals surface area contributed by atoms with Crippen molar-refractivity contribution in [1.82, 2.24) is 9.88 Å². The minimum atomic E-state index is -0.260. The lowest BCUT2D eigenvalue weighted by molar-refractivity contribution is -0.120. The predicted molar refractivity (Wildman–Crippen MR) is 102 cm³/mol. The van der Waals surface area contributed by atoms with Crippen LogP contribution >= 0.6 is 0 Å². The number of para-hydroxylation sites is 2. The van der Waals surface area contributed by atoms with Crippen molar-refractivity contribution in [3.63, 3.8) is 0 Å². The molecule has 1 amide bonds. The molecule has 2 N–H and O–H groups in total. The maximum atomic E-state index is 12.8. The SMILES string of the molecule is O=C(CN1CCC[C@@H]1C(=O)Nc1ccccc1)c1c[nH]c2ccccc12. The van der Waals surface area contributed by atoms with Crippen LogP contribution in [-0.4, -0.2) is 40.7 Å². The molecular weight excluding hydrogens is 326 g/mol. The minimum absolute atomic E-state index is 0.0413. The van der Waals surface area contributed by atoms with Gasteiger partial charge in [-0.05, 0) is 37.6 Å². The van der Waals surface area contributed by atoms with Gasteiger partial charge in [-0.15, -0.1) is 0 Å². The number of rotatable bonds is 5. The highest BCUT2D eigenvalue weighted by Gasteiger charge is 2.32. The predicted octanol–water partition coefficient (Wildman–Crippen LogP) is 3.45. The zero-order valence-corrected chi connectivity index (χ0v) is 14.4. The number of ketones is 1. The van der Waals surface area contributed by atoms with Crippen LogP contribution in [0.5, 0.6) is 0 Å². The normalized spacial score (nSPS) is 17.5. The third-order valence-corrected chi connectivity index (χ3v) is 4.94. The lowest BCUT2D eigenvalue weighted by atomic mass is 10.1. The summed E-state index contributed by atoms with van der Waals surface area (Å²) in [6, 6.07) is 17.0. The maximum Gasteiger partial charge on any atom is 0.241 e. The van der Waals surface area contributed by atoms with Crippen LogP contribution in [0.2, 0.25) is 0 Å². The van der Waals surface area contributed by atoms with Crippen molar-refractivity contribution in [3.8, 4) is 0 Å². The lowest BCUT2D eigenvalue weighted by Crippen LogP contribution is -2.42. The molecule has 132 valence electrons. The summed E-state index contributed by atoms with van der Waals surface area (Å²) in [5, 5.41) is 3.89. The Kier molecular flexibility index (Phi) is 4.54. The van der Waals surface area contributed by atoms with Gasteiger partial charge in [0.25, 0.3) is 0 Å². The topological polar surface area (TPSA) is 65.2 Å². The molecule has 1 saturated heterocycles. The summed E-state index contributed by atoms with van der Waals surface area (Å²) in [6.07, 6.45) is 3.47. The summed E-state index contributed by atoms with van der Waals surface area (Å²) in [7, 11) is 0. The molecule has 2 heterocycles. The Hall–Kier alpha value is -2.92. The number of nitrogens with zero attached hydrogens (tertiary/aromatic N) is 1. The number of anilines is 1. The molecule has 0 unspecified atom stereocenters. The quantitative estimate of drug-likeness (QED) is 0.695. The van der Waals surface area contributed by atoms with Gasteiger partial charge in [-0.3, -0.25) is 14.5 Å². The number of hydrogen-bond acceptors (Lipinski definition) is 3. The molecule has 2 aromatic carbocycles. The van der Waals surface area contributed by atoms with Crippen LogP contribution in [0.4, 0.5) is 5.69 Å². The first kappa shape index (κ1) is 16.5. The highest BCUT2D eigenvalue weighted by molar-refractivity contribution is 6.09. The smallest absolute Gasteiger partial charge is 0.241 e. The molecule has 0 aliphatic carbocycles. The number of H-pyrrole nitrogens is 1. The zero-order chi connectivity index (χ0) is 17.9. The van der Waals surface area contributed by atoms with Crippen molar-refractivity contribution in [2.75, 3.05) is 18.4 Å². The van der Waals surface area contributed by atoms with Crippen molar-refractivity contribution in [1.29, 1.82) is 0 Å². The second-order valence-electron chi connectivity index (χ2n) is 6.65. The van der Waals surface area contributed by atoms with Gasteiger partial charge in [-0.1, -0.05) is 36.4 Å². The number of likely N-dealkylation sites (tertiary alicyclic amines) is 1. The summed E-state index contributed by atoms with van der Waals surface area (Å²) in [4.78, 5) is 30.6. The Labute approximate surface area is 152 Å². The van der Waals surface area contributed by atoms with E-state index in [4.69, 9.17) is 0 Å². The zero-order valence-electron chi connectivity index (χ0n) is 14.4. The van der Waals surface area contributed by atoms with Crippen LogP contribution < -0.4 is 5.32 Å². The van der Waals surface area contributed by atoms with Crippen molar-refractivity contribution in [2.24, 2.45) is 0 Å². The van der Waals surface area contributed by atoms with Crippen molar-refractivity contribution in [3.05, 3.63) is 66.4 Å². The first-order valence-corrected chi connectivity index (χ1v) is 8.91. The molecule has 1 atom stereocenters. The molecule has 0 bridgehead atoms. The fourth-order valence-electron chi connectivity index (χ4n) is 3.63. The summed E-state index contributed by atoms with van der Waals surface area (Å²) >= 11 is 0. The summed E-state index contributed by atoms with van der Waals surface area (Å²) < 4.78 is 0. The molecule has 4 rings (SSSR count). The highest BCUT2D eigenvalue weighted by atomic mass is 16.2. The van der Waals surface area contributed by atoms with Crippen LogP contribution in [0.15, 0.2) is 60.8 Å². The number of amides is 1. The van der Waals surface area contributed by atoms with E-state index in [0.717, 1.165) is 36.0 Å². The van der Waals surface area contributed by atoms with Gasteiger partial charge < -0.3 is 10.3 Å². The minimum Gasteiger partial charge on any atom is -0.360 e. The number of carbonyl (C=O) groups excluding carboxylic acids is 2. The average Bonchev–Trinajstić information content (AvgIpc) is 3.29. The summed E-state index contributed by atoms with van der Waals surface area (Å²) in [5.41, 5.74) is 2.43. The summed E-state index contributed by atoms with van der Waals surface area (Å²) in [6.45, 7) is 1.02. The number of fused-ring (bicyclic) bond motifs is 1. The van der Waals surface area contributed by atoms with Crippen LogP contribution in [0.3, 0.4) is 0 Å². The molecule has 1 aliphatic rings. The van der Waals surface area contributed by atoms with Gasteiger partial charge in [-0.2, -0.15) is 0 Å². The molecule has 0 saturated carbocycles. The average molecular weight is 347 g/mol. The Morgan fingerprint density at radius 2 is 1.85 bits per heavy atom. The van der Waals surface area contributed by atoms with Crippen molar-refractivity contribution < 1.29 is 9.59 Å². The molecule has 1 aromatic heterocycles.